The maximum absolute atomic E-state index is 12.3. The number of benzene rings is 2. The average Bonchev–Trinajstić information content (AvgIpc) is 2.95. The van der Waals surface area contributed by atoms with Crippen LogP contribution in [0, 0.1) is 11.3 Å². The van der Waals surface area contributed by atoms with Gasteiger partial charge in [0.25, 0.3) is 0 Å². The van der Waals surface area contributed by atoms with Crippen LogP contribution in [-0.2, 0) is 4.79 Å². The minimum Gasteiger partial charge on any atom is -0.495 e. The third kappa shape index (κ3) is 4.53. The molecular formula is C30H30N6O2. The first-order valence-corrected chi connectivity index (χ1v) is 12.6. The Morgan fingerprint density at radius 1 is 1.00 bits per heavy atom. The number of piperazine rings is 1. The summed E-state index contributed by atoms with van der Waals surface area (Å²) in [6.45, 7) is 5.51. The Balaban J connectivity index is 1.45. The molecule has 4 aromatic rings. The Labute approximate surface area is 222 Å². The van der Waals surface area contributed by atoms with Gasteiger partial charge in [-0.05, 0) is 49.7 Å². The van der Waals surface area contributed by atoms with Crippen LogP contribution in [0.3, 0.4) is 0 Å². The SMILES string of the molecule is COc1c(-c2ccc(N3CC(C)N(C(=O)CN)C(C)C3)nc2)cnc2c(-c3ccc(C#N)cc3)cccc12. The van der Waals surface area contributed by atoms with Crippen LogP contribution in [0.15, 0.2) is 67.0 Å². The highest BCUT2D eigenvalue weighted by molar-refractivity contribution is 6.00. The van der Waals surface area contributed by atoms with Gasteiger partial charge in [0.1, 0.15) is 11.6 Å². The van der Waals surface area contributed by atoms with Gasteiger partial charge in [-0.1, -0.05) is 24.3 Å². The van der Waals surface area contributed by atoms with Crippen molar-refractivity contribution >= 4 is 22.6 Å². The standard InChI is InChI=1S/C30H30N6O2/c1-19-17-35(18-20(2)36(19)28(37)14-32)27-12-11-23(15-33-27)26-16-34-29-24(5-4-6-25(29)30(26)38-3)22-9-7-21(13-31)8-10-22/h4-12,15-16,19-20H,14,17-18,32H2,1-3H3. The molecule has 0 spiro atoms. The van der Waals surface area contributed by atoms with E-state index in [1.165, 1.54) is 0 Å². The molecule has 0 bridgehead atoms. The van der Waals surface area contributed by atoms with E-state index in [0.29, 0.717) is 18.7 Å². The number of hydrogen-bond acceptors (Lipinski definition) is 7. The summed E-state index contributed by atoms with van der Waals surface area (Å²) in [6, 6.07) is 19.8. The fraction of sp³-hybridized carbons (Fsp3) is 0.267. The Bertz CT molecular complexity index is 1500. The van der Waals surface area contributed by atoms with E-state index in [-0.39, 0.29) is 24.5 Å². The number of aromatic nitrogens is 2. The molecular weight excluding hydrogens is 476 g/mol. The number of para-hydroxylation sites is 1. The predicted molar refractivity (Wildman–Crippen MR) is 149 cm³/mol. The number of carbonyl (C=O) groups is 1. The second-order valence-electron chi connectivity index (χ2n) is 9.61. The molecule has 5 rings (SSSR count). The molecule has 1 aliphatic heterocycles. The van der Waals surface area contributed by atoms with Crippen LogP contribution in [0.1, 0.15) is 19.4 Å². The van der Waals surface area contributed by atoms with Crippen LogP contribution < -0.4 is 15.4 Å². The molecule has 2 atom stereocenters. The average molecular weight is 507 g/mol. The van der Waals surface area contributed by atoms with Crippen LogP contribution in [0.25, 0.3) is 33.2 Å². The number of rotatable bonds is 5. The first-order chi connectivity index (χ1) is 18.4. The maximum Gasteiger partial charge on any atom is 0.236 e. The molecule has 1 amide bonds. The molecule has 2 unspecified atom stereocenters. The summed E-state index contributed by atoms with van der Waals surface area (Å²) in [4.78, 5) is 25.9. The first-order valence-electron chi connectivity index (χ1n) is 12.6. The van der Waals surface area contributed by atoms with Crippen molar-refractivity contribution in [1.82, 2.24) is 14.9 Å². The molecule has 2 N–H and O–H groups in total. The van der Waals surface area contributed by atoms with E-state index in [9.17, 15) is 4.79 Å². The highest BCUT2D eigenvalue weighted by atomic mass is 16.5. The molecule has 1 fully saturated rings. The van der Waals surface area contributed by atoms with Gasteiger partial charge in [-0.3, -0.25) is 9.78 Å². The van der Waals surface area contributed by atoms with Crippen molar-refractivity contribution in [3.63, 3.8) is 0 Å². The fourth-order valence-electron chi connectivity index (χ4n) is 5.42. The van der Waals surface area contributed by atoms with E-state index in [0.717, 1.165) is 44.7 Å². The van der Waals surface area contributed by atoms with Gasteiger partial charge in [-0.2, -0.15) is 5.26 Å². The molecule has 2 aromatic carbocycles. The van der Waals surface area contributed by atoms with Crippen LogP contribution >= 0.6 is 0 Å². The zero-order valence-corrected chi connectivity index (χ0v) is 21.8. The van der Waals surface area contributed by atoms with Crippen molar-refractivity contribution in [1.29, 1.82) is 5.26 Å². The molecule has 38 heavy (non-hydrogen) atoms. The third-order valence-electron chi connectivity index (χ3n) is 7.14. The molecule has 1 saturated heterocycles. The number of amides is 1. The minimum absolute atomic E-state index is 0.0220. The van der Waals surface area contributed by atoms with E-state index in [2.05, 4.69) is 11.0 Å². The quantitative estimate of drug-likeness (QED) is 0.432. The molecule has 8 heteroatoms. The van der Waals surface area contributed by atoms with Gasteiger partial charge in [0, 0.05) is 59.6 Å². The molecule has 8 nitrogen and oxygen atoms in total. The van der Waals surface area contributed by atoms with Crippen LogP contribution in [-0.4, -0.2) is 59.6 Å². The van der Waals surface area contributed by atoms with Crippen molar-refractivity contribution < 1.29 is 9.53 Å². The lowest BCUT2D eigenvalue weighted by molar-refractivity contribution is -0.134. The van der Waals surface area contributed by atoms with Crippen LogP contribution in [0.4, 0.5) is 5.82 Å². The van der Waals surface area contributed by atoms with Crippen molar-refractivity contribution in [3.8, 4) is 34.1 Å². The second kappa shape index (κ2) is 10.5. The summed E-state index contributed by atoms with van der Waals surface area (Å²) in [5.41, 5.74) is 10.8. The summed E-state index contributed by atoms with van der Waals surface area (Å²) in [7, 11) is 1.67. The highest BCUT2D eigenvalue weighted by Crippen LogP contribution is 2.39. The Hall–Kier alpha value is -4.48. The van der Waals surface area contributed by atoms with Gasteiger partial charge in [0.05, 0.1) is 30.8 Å². The fourth-order valence-corrected chi connectivity index (χ4v) is 5.42. The monoisotopic (exact) mass is 506 g/mol. The Kier molecular flexibility index (Phi) is 6.95. The van der Waals surface area contributed by atoms with E-state index >= 15 is 0 Å². The van der Waals surface area contributed by atoms with Crippen LogP contribution in [0.2, 0.25) is 0 Å². The van der Waals surface area contributed by atoms with Gasteiger partial charge >= 0.3 is 0 Å². The predicted octanol–water partition coefficient (Wildman–Crippen LogP) is 4.23. The number of fused-ring (bicyclic) bond motifs is 1. The molecule has 2 aromatic heterocycles. The van der Waals surface area contributed by atoms with Crippen molar-refractivity contribution in [2.45, 2.75) is 25.9 Å². The molecule has 0 saturated carbocycles. The normalized spacial score (nSPS) is 17.3. The van der Waals surface area contributed by atoms with Gasteiger partial charge in [0.15, 0.2) is 0 Å². The molecule has 0 radical (unpaired) electrons. The number of methoxy groups -OCH3 is 1. The summed E-state index contributed by atoms with van der Waals surface area (Å²) >= 11 is 0. The molecule has 1 aliphatic rings. The maximum atomic E-state index is 12.3. The lowest BCUT2D eigenvalue weighted by Crippen LogP contribution is -2.60. The number of carbonyl (C=O) groups excluding carboxylic acids is 1. The lowest BCUT2D eigenvalue weighted by Gasteiger charge is -2.44. The number of nitrogens with zero attached hydrogens (tertiary/aromatic N) is 5. The second-order valence-corrected chi connectivity index (χ2v) is 9.61. The Morgan fingerprint density at radius 2 is 1.71 bits per heavy atom. The number of ether oxygens (including phenoxy) is 1. The van der Waals surface area contributed by atoms with Crippen molar-refractivity contribution in [2.75, 3.05) is 31.6 Å². The third-order valence-corrected chi connectivity index (χ3v) is 7.14. The smallest absolute Gasteiger partial charge is 0.236 e. The summed E-state index contributed by atoms with van der Waals surface area (Å²) in [5, 5.41) is 10.0. The molecule has 192 valence electrons. The topological polar surface area (TPSA) is 108 Å². The minimum atomic E-state index is -0.0220. The van der Waals surface area contributed by atoms with Gasteiger partial charge in [-0.15, -0.1) is 0 Å². The molecule has 3 heterocycles. The number of nitrogens with two attached hydrogens (primary N) is 1. The van der Waals surface area contributed by atoms with Crippen LogP contribution in [0.5, 0.6) is 5.75 Å². The zero-order valence-electron chi connectivity index (χ0n) is 21.8. The molecule has 0 aliphatic carbocycles. The van der Waals surface area contributed by atoms with Gasteiger partial charge < -0.3 is 20.3 Å². The van der Waals surface area contributed by atoms with E-state index < -0.39 is 0 Å². The number of nitriles is 1. The summed E-state index contributed by atoms with van der Waals surface area (Å²) in [6.07, 6.45) is 3.67. The number of anilines is 1. The number of pyridine rings is 2. The van der Waals surface area contributed by atoms with E-state index in [1.54, 1.807) is 7.11 Å². The highest BCUT2D eigenvalue weighted by Gasteiger charge is 2.32. The van der Waals surface area contributed by atoms with E-state index in [1.807, 2.05) is 85.7 Å². The van der Waals surface area contributed by atoms with E-state index in [4.69, 9.17) is 25.7 Å². The summed E-state index contributed by atoms with van der Waals surface area (Å²) < 4.78 is 5.89. The van der Waals surface area contributed by atoms with Gasteiger partial charge in [0.2, 0.25) is 5.91 Å². The van der Waals surface area contributed by atoms with Crippen molar-refractivity contribution in [2.24, 2.45) is 5.73 Å². The van der Waals surface area contributed by atoms with Crippen molar-refractivity contribution in [3.05, 3.63) is 72.6 Å². The lowest BCUT2D eigenvalue weighted by atomic mass is 9.98. The zero-order chi connectivity index (χ0) is 26.8. The first kappa shape index (κ1) is 25.2. The number of hydrogen-bond donors (Lipinski definition) is 1. The largest absolute Gasteiger partial charge is 0.495 e. The Morgan fingerprint density at radius 3 is 2.32 bits per heavy atom. The summed E-state index contributed by atoms with van der Waals surface area (Å²) in [5.74, 6) is 1.57. The van der Waals surface area contributed by atoms with Gasteiger partial charge in [-0.25, -0.2) is 4.98 Å².